The highest BCUT2D eigenvalue weighted by molar-refractivity contribution is 7.18. The van der Waals surface area contributed by atoms with E-state index in [1.54, 1.807) is 13.8 Å². The summed E-state index contributed by atoms with van der Waals surface area (Å²) < 4.78 is 5.02. The van der Waals surface area contributed by atoms with E-state index < -0.39 is 16.8 Å². The molecule has 0 fully saturated rings. The van der Waals surface area contributed by atoms with Crippen molar-refractivity contribution in [3.05, 3.63) is 62.0 Å². The molecule has 0 atom stereocenters. The molecule has 0 bridgehead atoms. The molecule has 9 heteroatoms. The average Bonchev–Trinajstić information content (AvgIpc) is 2.96. The summed E-state index contributed by atoms with van der Waals surface area (Å²) in [5.74, 6) is -1.34. The fourth-order valence-electron chi connectivity index (χ4n) is 2.42. The lowest BCUT2D eigenvalue weighted by molar-refractivity contribution is -0.384. The van der Waals surface area contributed by atoms with Crippen LogP contribution in [0.1, 0.15) is 45.0 Å². The summed E-state index contributed by atoms with van der Waals surface area (Å²) in [6.07, 6.45) is 2.72. The van der Waals surface area contributed by atoms with Crippen molar-refractivity contribution in [3.8, 4) is 0 Å². The molecule has 1 amide bonds. The summed E-state index contributed by atoms with van der Waals surface area (Å²) in [4.78, 5) is 46.8. The van der Waals surface area contributed by atoms with Crippen molar-refractivity contribution in [1.29, 1.82) is 0 Å². The van der Waals surface area contributed by atoms with Crippen LogP contribution in [-0.4, -0.2) is 29.2 Å². The minimum absolute atomic E-state index is 0.0495. The summed E-state index contributed by atoms with van der Waals surface area (Å²) in [7, 11) is 0. The number of ketones is 1. The predicted molar refractivity (Wildman–Crippen MR) is 106 cm³/mol. The number of nitro groups is 1. The number of nitrogens with one attached hydrogen (secondary N) is 1. The number of carbonyl (C=O) groups is 3. The van der Waals surface area contributed by atoms with Crippen LogP contribution in [0, 0.1) is 17.0 Å². The van der Waals surface area contributed by atoms with Gasteiger partial charge in [0.15, 0.2) is 5.78 Å². The topological polar surface area (TPSA) is 116 Å². The second-order valence-electron chi connectivity index (χ2n) is 5.71. The van der Waals surface area contributed by atoms with Gasteiger partial charge in [0.05, 0.1) is 22.0 Å². The number of rotatable bonds is 7. The molecule has 0 spiro atoms. The Morgan fingerprint density at radius 1 is 1.25 bits per heavy atom. The van der Waals surface area contributed by atoms with E-state index in [0.29, 0.717) is 16.0 Å². The van der Waals surface area contributed by atoms with Crippen molar-refractivity contribution in [2.75, 3.05) is 11.9 Å². The lowest BCUT2D eigenvalue weighted by atomic mass is 10.1. The number of anilines is 1. The van der Waals surface area contributed by atoms with Gasteiger partial charge in [-0.1, -0.05) is 0 Å². The van der Waals surface area contributed by atoms with Crippen LogP contribution in [0.2, 0.25) is 0 Å². The largest absolute Gasteiger partial charge is 0.462 e. The Morgan fingerprint density at radius 2 is 1.89 bits per heavy atom. The van der Waals surface area contributed by atoms with Crippen LogP contribution in [0.4, 0.5) is 10.7 Å². The van der Waals surface area contributed by atoms with E-state index in [1.807, 2.05) is 0 Å². The number of non-ortho nitro benzene ring substituents is 1. The Kier molecular flexibility index (Phi) is 6.78. The quantitative estimate of drug-likeness (QED) is 0.246. The SMILES string of the molecule is CCOC(=O)c1c(NC(=O)C=Cc2ccc([N+](=O)[O-])cc2)sc(C(C)=O)c1C. The predicted octanol–water partition coefficient (Wildman–Crippen LogP) is 4.00. The molecule has 146 valence electrons. The second-order valence-corrected chi connectivity index (χ2v) is 6.73. The number of esters is 1. The maximum absolute atomic E-state index is 12.2. The first-order chi connectivity index (χ1) is 13.2. The van der Waals surface area contributed by atoms with Gasteiger partial charge in [-0.2, -0.15) is 0 Å². The standard InChI is InChI=1S/C19H18N2O6S/c1-4-27-19(24)16-11(2)17(12(3)22)28-18(16)20-15(23)10-7-13-5-8-14(9-6-13)21(25)26/h5-10H,4H2,1-3H3,(H,20,23). The molecule has 8 nitrogen and oxygen atoms in total. The normalized spacial score (nSPS) is 10.7. The summed E-state index contributed by atoms with van der Waals surface area (Å²) >= 11 is 1.01. The molecule has 2 rings (SSSR count). The monoisotopic (exact) mass is 402 g/mol. The number of benzene rings is 1. The molecule has 1 heterocycles. The van der Waals surface area contributed by atoms with Crippen LogP contribution in [0.15, 0.2) is 30.3 Å². The summed E-state index contributed by atoms with van der Waals surface area (Å²) in [5.41, 5.74) is 1.17. The van der Waals surface area contributed by atoms with Gasteiger partial charge in [-0.15, -0.1) is 11.3 Å². The molecule has 0 saturated heterocycles. The van der Waals surface area contributed by atoms with Crippen LogP contribution in [0.3, 0.4) is 0 Å². The highest BCUT2D eigenvalue weighted by Gasteiger charge is 2.24. The smallest absolute Gasteiger partial charge is 0.341 e. The minimum atomic E-state index is -0.613. The molecule has 2 aromatic rings. The Hall–Kier alpha value is -3.33. The number of hydrogen-bond donors (Lipinski definition) is 1. The lowest BCUT2D eigenvalue weighted by Gasteiger charge is -2.05. The molecule has 28 heavy (non-hydrogen) atoms. The van der Waals surface area contributed by atoms with Gasteiger partial charge >= 0.3 is 5.97 Å². The highest BCUT2D eigenvalue weighted by atomic mass is 32.1. The number of nitro benzene ring substituents is 1. The zero-order valence-corrected chi connectivity index (χ0v) is 16.3. The first kappa shape index (κ1) is 21.0. The molecule has 0 saturated carbocycles. The highest BCUT2D eigenvalue weighted by Crippen LogP contribution is 2.34. The Morgan fingerprint density at radius 3 is 2.43 bits per heavy atom. The molecule has 1 aromatic heterocycles. The first-order valence-corrected chi connectivity index (χ1v) is 9.11. The van der Waals surface area contributed by atoms with E-state index in [9.17, 15) is 24.5 Å². The van der Waals surface area contributed by atoms with Crippen LogP contribution in [-0.2, 0) is 9.53 Å². The number of Topliss-reactive ketones (excluding diaryl/α,β-unsaturated/α-hetero) is 1. The van der Waals surface area contributed by atoms with E-state index in [2.05, 4.69) is 5.32 Å². The number of thiophene rings is 1. The van der Waals surface area contributed by atoms with Crippen molar-refractivity contribution in [2.24, 2.45) is 0 Å². The van der Waals surface area contributed by atoms with Crippen molar-refractivity contribution >= 4 is 45.8 Å². The zero-order chi connectivity index (χ0) is 20.8. The van der Waals surface area contributed by atoms with E-state index >= 15 is 0 Å². The molecular weight excluding hydrogens is 384 g/mol. The van der Waals surface area contributed by atoms with E-state index in [4.69, 9.17) is 4.74 Å². The number of hydrogen-bond acceptors (Lipinski definition) is 7. The average molecular weight is 402 g/mol. The molecule has 0 unspecified atom stereocenters. The molecular formula is C19H18N2O6S. The molecule has 0 aliphatic carbocycles. The summed E-state index contributed by atoms with van der Waals surface area (Å²) in [6, 6.07) is 5.68. The zero-order valence-electron chi connectivity index (χ0n) is 15.5. The van der Waals surface area contributed by atoms with Gasteiger partial charge in [0, 0.05) is 18.2 Å². The third kappa shape index (κ3) is 4.89. The van der Waals surface area contributed by atoms with Crippen molar-refractivity contribution < 1.29 is 24.0 Å². The molecule has 0 aliphatic rings. The van der Waals surface area contributed by atoms with E-state index in [0.717, 1.165) is 11.3 Å². The van der Waals surface area contributed by atoms with E-state index in [-0.39, 0.29) is 28.6 Å². The van der Waals surface area contributed by atoms with Gasteiger partial charge in [-0.25, -0.2) is 4.79 Å². The summed E-state index contributed by atoms with van der Waals surface area (Å²) in [5, 5.41) is 13.5. The van der Waals surface area contributed by atoms with E-state index in [1.165, 1.54) is 43.3 Å². The fourth-order valence-corrected chi connectivity index (χ4v) is 3.51. The molecule has 0 radical (unpaired) electrons. The number of amides is 1. The molecule has 1 aromatic carbocycles. The Labute approximate surface area is 165 Å². The third-order valence-corrected chi connectivity index (χ3v) is 5.02. The lowest BCUT2D eigenvalue weighted by Crippen LogP contribution is -2.12. The van der Waals surface area contributed by atoms with Gasteiger partial charge in [0.25, 0.3) is 5.69 Å². The number of nitrogens with zero attached hydrogens (tertiary/aromatic N) is 1. The first-order valence-electron chi connectivity index (χ1n) is 8.29. The maximum atomic E-state index is 12.2. The Balaban J connectivity index is 2.22. The van der Waals surface area contributed by atoms with Gasteiger partial charge in [-0.3, -0.25) is 19.7 Å². The third-order valence-electron chi connectivity index (χ3n) is 3.71. The van der Waals surface area contributed by atoms with Crippen molar-refractivity contribution in [3.63, 3.8) is 0 Å². The van der Waals surface area contributed by atoms with Crippen LogP contribution < -0.4 is 5.32 Å². The minimum Gasteiger partial charge on any atom is -0.462 e. The van der Waals surface area contributed by atoms with Crippen molar-refractivity contribution in [2.45, 2.75) is 20.8 Å². The maximum Gasteiger partial charge on any atom is 0.341 e. The fraction of sp³-hybridized carbons (Fsp3) is 0.211. The number of ether oxygens (including phenoxy) is 1. The molecule has 1 N–H and O–H groups in total. The van der Waals surface area contributed by atoms with Crippen LogP contribution in [0.5, 0.6) is 0 Å². The number of carbonyl (C=O) groups excluding carboxylic acids is 3. The second kappa shape index (κ2) is 9.05. The summed E-state index contributed by atoms with van der Waals surface area (Å²) in [6.45, 7) is 4.84. The van der Waals surface area contributed by atoms with Gasteiger partial charge in [-0.05, 0) is 50.1 Å². The Bertz CT molecular complexity index is 960. The van der Waals surface area contributed by atoms with Gasteiger partial charge < -0.3 is 10.1 Å². The van der Waals surface area contributed by atoms with Gasteiger partial charge in [0.2, 0.25) is 5.91 Å². The van der Waals surface area contributed by atoms with Crippen LogP contribution >= 0.6 is 11.3 Å². The van der Waals surface area contributed by atoms with Crippen LogP contribution in [0.25, 0.3) is 6.08 Å². The van der Waals surface area contributed by atoms with Gasteiger partial charge in [0.1, 0.15) is 5.00 Å². The van der Waals surface area contributed by atoms with Crippen molar-refractivity contribution in [1.82, 2.24) is 0 Å². The molecule has 0 aliphatic heterocycles.